The summed E-state index contributed by atoms with van der Waals surface area (Å²) in [4.78, 5) is 14.1. The van der Waals surface area contributed by atoms with Gasteiger partial charge >= 0.3 is 0 Å². The molecule has 0 heterocycles. The lowest BCUT2D eigenvalue weighted by Crippen LogP contribution is -2.28. The van der Waals surface area contributed by atoms with E-state index < -0.39 is 0 Å². The Hall–Kier alpha value is -2.55. The van der Waals surface area contributed by atoms with E-state index in [1.54, 1.807) is 25.1 Å². The summed E-state index contributed by atoms with van der Waals surface area (Å²) in [6, 6.07) is 15.8. The van der Waals surface area contributed by atoms with Crippen LogP contribution < -0.4 is 4.74 Å². The van der Waals surface area contributed by atoms with Gasteiger partial charge in [-0.2, -0.15) is 0 Å². The molecule has 23 heavy (non-hydrogen) atoms. The number of aryl methyl sites for hydroxylation is 1. The van der Waals surface area contributed by atoms with Crippen molar-refractivity contribution < 1.29 is 9.53 Å². The van der Waals surface area contributed by atoms with Gasteiger partial charge < -0.3 is 9.64 Å². The van der Waals surface area contributed by atoms with E-state index in [0.717, 1.165) is 16.9 Å². The zero-order valence-corrected chi connectivity index (χ0v) is 14.1. The fourth-order valence-electron chi connectivity index (χ4n) is 2.47. The summed E-state index contributed by atoms with van der Waals surface area (Å²) < 4.78 is 5.38. The number of hydrogen-bond acceptors (Lipinski definition) is 2. The number of benzene rings is 2. The third kappa shape index (κ3) is 4.22. The summed E-state index contributed by atoms with van der Waals surface area (Å²) >= 11 is 0. The Balaban J connectivity index is 2.12. The van der Waals surface area contributed by atoms with Gasteiger partial charge in [0.2, 0.25) is 5.91 Å². The molecule has 1 amide bonds. The molecular weight excluding hydrogens is 286 g/mol. The number of rotatable bonds is 5. The summed E-state index contributed by atoms with van der Waals surface area (Å²) in [6.45, 7) is 4.03. The van der Waals surface area contributed by atoms with Crippen molar-refractivity contribution in [3.05, 3.63) is 71.3 Å². The van der Waals surface area contributed by atoms with E-state index in [9.17, 15) is 4.79 Å². The number of carbonyl (C=O) groups is 1. The van der Waals surface area contributed by atoms with Crippen molar-refractivity contribution in [2.45, 2.75) is 19.9 Å². The lowest BCUT2D eigenvalue weighted by atomic mass is 10.1. The van der Waals surface area contributed by atoms with E-state index >= 15 is 0 Å². The molecule has 3 heteroatoms. The Labute approximate surface area is 138 Å². The Morgan fingerprint density at radius 1 is 1.17 bits per heavy atom. The number of methoxy groups -OCH3 is 1. The Kier molecular flexibility index (Phi) is 5.58. The molecule has 0 N–H and O–H groups in total. The third-order valence-corrected chi connectivity index (χ3v) is 3.98. The highest BCUT2D eigenvalue weighted by atomic mass is 16.5. The molecule has 2 aromatic rings. The summed E-state index contributed by atoms with van der Waals surface area (Å²) in [5.74, 6) is 0.757. The highest BCUT2D eigenvalue weighted by molar-refractivity contribution is 5.91. The van der Waals surface area contributed by atoms with Crippen LogP contribution in [0.2, 0.25) is 0 Å². The lowest BCUT2D eigenvalue weighted by Gasteiger charge is -2.25. The van der Waals surface area contributed by atoms with E-state index in [2.05, 4.69) is 0 Å². The molecule has 0 fully saturated rings. The number of ether oxygens (including phenoxy) is 1. The van der Waals surface area contributed by atoms with E-state index in [0.29, 0.717) is 0 Å². The molecule has 120 valence electrons. The van der Waals surface area contributed by atoms with Gasteiger partial charge in [-0.3, -0.25) is 4.79 Å². The van der Waals surface area contributed by atoms with Gasteiger partial charge in [0, 0.05) is 18.7 Å². The van der Waals surface area contributed by atoms with Gasteiger partial charge in [0.15, 0.2) is 0 Å². The molecule has 0 saturated carbocycles. The molecule has 3 nitrogen and oxygen atoms in total. The van der Waals surface area contributed by atoms with Gasteiger partial charge in [0.25, 0.3) is 0 Å². The number of carbonyl (C=O) groups excluding carboxylic acids is 1. The SMILES string of the molecule is COc1ccccc1C(C)N(C)C(=O)C=Cc1cccc(C)c1. The monoisotopic (exact) mass is 309 g/mol. The first kappa shape index (κ1) is 16.8. The fourth-order valence-corrected chi connectivity index (χ4v) is 2.47. The second kappa shape index (κ2) is 7.63. The lowest BCUT2D eigenvalue weighted by molar-refractivity contribution is -0.126. The molecule has 0 aliphatic carbocycles. The van der Waals surface area contributed by atoms with Crippen LogP contribution in [0.25, 0.3) is 6.08 Å². The van der Waals surface area contributed by atoms with E-state index in [-0.39, 0.29) is 11.9 Å². The van der Waals surface area contributed by atoms with Crippen molar-refractivity contribution in [2.24, 2.45) is 0 Å². The number of para-hydroxylation sites is 1. The van der Waals surface area contributed by atoms with Crippen LogP contribution in [0.3, 0.4) is 0 Å². The highest BCUT2D eigenvalue weighted by Gasteiger charge is 2.18. The van der Waals surface area contributed by atoms with Crippen LogP contribution in [0.15, 0.2) is 54.6 Å². The maximum Gasteiger partial charge on any atom is 0.246 e. The molecule has 1 atom stereocenters. The molecule has 0 bridgehead atoms. The van der Waals surface area contributed by atoms with Crippen molar-refractivity contribution in [3.8, 4) is 5.75 Å². The summed E-state index contributed by atoms with van der Waals surface area (Å²) in [5.41, 5.74) is 3.20. The van der Waals surface area contributed by atoms with Crippen molar-refractivity contribution in [3.63, 3.8) is 0 Å². The number of likely N-dealkylation sites (N-methyl/N-ethyl adjacent to an activating group) is 1. The average molecular weight is 309 g/mol. The summed E-state index contributed by atoms with van der Waals surface area (Å²) in [6.07, 6.45) is 3.46. The molecule has 0 aliphatic rings. The van der Waals surface area contributed by atoms with Gasteiger partial charge in [0.05, 0.1) is 13.2 Å². The molecule has 0 aromatic heterocycles. The second-order valence-electron chi connectivity index (χ2n) is 5.61. The largest absolute Gasteiger partial charge is 0.496 e. The van der Waals surface area contributed by atoms with Crippen LogP contribution in [0.4, 0.5) is 0 Å². The average Bonchev–Trinajstić information content (AvgIpc) is 2.58. The molecule has 0 radical (unpaired) electrons. The predicted octanol–water partition coefficient (Wildman–Crippen LogP) is 4.24. The Bertz CT molecular complexity index is 706. The minimum Gasteiger partial charge on any atom is -0.496 e. The van der Waals surface area contributed by atoms with Crippen molar-refractivity contribution in [1.82, 2.24) is 4.90 Å². The zero-order chi connectivity index (χ0) is 16.8. The summed E-state index contributed by atoms with van der Waals surface area (Å²) in [7, 11) is 3.45. The highest BCUT2D eigenvalue weighted by Crippen LogP contribution is 2.28. The molecule has 0 spiro atoms. The predicted molar refractivity (Wildman–Crippen MR) is 94.4 cm³/mol. The van der Waals surface area contributed by atoms with Crippen LogP contribution in [0.5, 0.6) is 5.75 Å². The maximum atomic E-state index is 12.4. The van der Waals surface area contributed by atoms with Gasteiger partial charge in [-0.1, -0.05) is 48.0 Å². The van der Waals surface area contributed by atoms with Crippen LogP contribution in [-0.2, 0) is 4.79 Å². The summed E-state index contributed by atoms with van der Waals surface area (Å²) in [5, 5.41) is 0. The van der Waals surface area contributed by atoms with Crippen molar-refractivity contribution >= 4 is 12.0 Å². The van der Waals surface area contributed by atoms with Crippen LogP contribution in [-0.4, -0.2) is 25.0 Å². The van der Waals surface area contributed by atoms with Gasteiger partial charge in [-0.15, -0.1) is 0 Å². The topological polar surface area (TPSA) is 29.5 Å². The number of hydrogen-bond donors (Lipinski definition) is 0. The van der Waals surface area contributed by atoms with Crippen molar-refractivity contribution in [2.75, 3.05) is 14.2 Å². The zero-order valence-electron chi connectivity index (χ0n) is 14.1. The maximum absolute atomic E-state index is 12.4. The first-order valence-electron chi connectivity index (χ1n) is 7.67. The van der Waals surface area contributed by atoms with Crippen LogP contribution in [0.1, 0.15) is 29.7 Å². The smallest absolute Gasteiger partial charge is 0.246 e. The molecule has 2 aromatic carbocycles. The van der Waals surface area contributed by atoms with Crippen molar-refractivity contribution in [1.29, 1.82) is 0 Å². The Morgan fingerprint density at radius 2 is 1.91 bits per heavy atom. The number of amides is 1. The minimum absolute atomic E-state index is 0.0371. The molecule has 2 rings (SSSR count). The minimum atomic E-state index is -0.0687. The number of nitrogens with zero attached hydrogens (tertiary/aromatic N) is 1. The molecule has 0 saturated heterocycles. The second-order valence-corrected chi connectivity index (χ2v) is 5.61. The molecular formula is C20H23NO2. The first-order chi connectivity index (χ1) is 11.0. The van der Waals surface area contributed by atoms with Crippen LogP contribution >= 0.6 is 0 Å². The van der Waals surface area contributed by atoms with Gasteiger partial charge in [-0.25, -0.2) is 0 Å². The first-order valence-corrected chi connectivity index (χ1v) is 7.67. The normalized spacial score (nSPS) is 12.2. The quantitative estimate of drug-likeness (QED) is 0.773. The fraction of sp³-hybridized carbons (Fsp3) is 0.250. The molecule has 1 unspecified atom stereocenters. The van der Waals surface area contributed by atoms with Gasteiger partial charge in [-0.05, 0) is 31.6 Å². The standard InChI is InChI=1S/C20H23NO2/c1-15-8-7-9-17(14-15)12-13-20(22)21(3)16(2)18-10-5-6-11-19(18)23-4/h5-14,16H,1-4H3. The van der Waals surface area contributed by atoms with Crippen LogP contribution in [0, 0.1) is 6.92 Å². The van der Waals surface area contributed by atoms with E-state index in [1.165, 1.54) is 5.56 Å². The third-order valence-electron chi connectivity index (χ3n) is 3.98. The Morgan fingerprint density at radius 3 is 2.61 bits per heavy atom. The molecule has 0 aliphatic heterocycles. The van der Waals surface area contributed by atoms with E-state index in [1.807, 2.05) is 68.5 Å². The van der Waals surface area contributed by atoms with E-state index in [4.69, 9.17) is 4.74 Å². The van der Waals surface area contributed by atoms with Gasteiger partial charge in [0.1, 0.15) is 5.75 Å².